The van der Waals surface area contributed by atoms with Crippen LogP contribution in [-0.2, 0) is 16.6 Å². The minimum absolute atomic E-state index is 0. The molecule has 0 saturated heterocycles. The molecule has 0 saturated carbocycles. The summed E-state index contributed by atoms with van der Waals surface area (Å²) in [7, 11) is -3.27. The van der Waals surface area contributed by atoms with E-state index in [1.54, 1.807) is 39.8 Å². The van der Waals surface area contributed by atoms with Gasteiger partial charge in [-0.2, -0.15) is 5.26 Å². The van der Waals surface area contributed by atoms with Crippen LogP contribution in [-0.4, -0.2) is 24.3 Å². The van der Waals surface area contributed by atoms with Crippen LogP contribution in [0.3, 0.4) is 0 Å². The van der Waals surface area contributed by atoms with Gasteiger partial charge in [0.25, 0.3) is 0 Å². The van der Waals surface area contributed by atoms with Crippen LogP contribution in [0.25, 0.3) is 11.3 Å². The van der Waals surface area contributed by atoms with Gasteiger partial charge in [0.05, 0.1) is 5.75 Å². The number of rotatable bonds is 7. The molecule has 2 aromatic rings. The van der Waals surface area contributed by atoms with Gasteiger partial charge in [0.2, 0.25) is 10.0 Å². The van der Waals surface area contributed by atoms with Gasteiger partial charge < -0.3 is 9.67 Å². The molecule has 6 nitrogen and oxygen atoms in total. The Labute approximate surface area is 217 Å². The molecule has 8 heteroatoms. The molecule has 0 amide bonds. The van der Waals surface area contributed by atoms with Crippen molar-refractivity contribution >= 4 is 15.7 Å². The largest absolute Gasteiger partial charge is 1.00 e. The van der Waals surface area contributed by atoms with Crippen molar-refractivity contribution in [2.24, 2.45) is 0 Å². The van der Waals surface area contributed by atoms with E-state index < -0.39 is 15.6 Å². The molecule has 1 aromatic heterocycles. The summed E-state index contributed by atoms with van der Waals surface area (Å²) < 4.78 is 27.7. The molecule has 0 bridgehead atoms. The van der Waals surface area contributed by atoms with Crippen LogP contribution in [0.1, 0.15) is 53.2 Å². The van der Waals surface area contributed by atoms with E-state index in [4.69, 9.17) is 0 Å². The first-order chi connectivity index (χ1) is 13.0. The van der Waals surface area contributed by atoms with Crippen LogP contribution in [0.2, 0.25) is 0 Å². The summed E-state index contributed by atoms with van der Waals surface area (Å²) in [6.45, 7) is 9.41. The van der Waals surface area contributed by atoms with Crippen molar-refractivity contribution in [2.75, 3.05) is 10.5 Å². The number of unbranched alkanes of at least 4 members (excludes halogenated alkanes) is 1. The molecule has 154 valence electrons. The number of nitriles is 1. The molecule has 1 heterocycles. The number of benzene rings is 1. The summed E-state index contributed by atoms with van der Waals surface area (Å²) in [4.78, 5) is 0. The van der Waals surface area contributed by atoms with E-state index in [1.807, 2.05) is 28.8 Å². The maximum Gasteiger partial charge on any atom is 1.00 e. The van der Waals surface area contributed by atoms with Crippen LogP contribution in [0, 0.1) is 11.3 Å². The van der Waals surface area contributed by atoms with E-state index in [0.717, 1.165) is 30.6 Å². The summed E-state index contributed by atoms with van der Waals surface area (Å²) >= 11 is 0. The van der Waals surface area contributed by atoms with Crippen LogP contribution in [0.15, 0.2) is 36.4 Å². The number of hydrogen-bond donors (Lipinski definition) is 1. The number of nitrogens with one attached hydrogen (secondary N) is 1. The molecule has 0 aliphatic carbocycles. The van der Waals surface area contributed by atoms with Gasteiger partial charge in [0.1, 0.15) is 11.8 Å². The molecule has 2 rings (SSSR count). The normalized spacial score (nSPS) is 10.9. The smallest absolute Gasteiger partial charge is 0.850 e. The Morgan fingerprint density at radius 2 is 1.66 bits per heavy atom. The van der Waals surface area contributed by atoms with Gasteiger partial charge in [-0.3, -0.25) is 4.72 Å². The van der Waals surface area contributed by atoms with Crippen molar-refractivity contribution in [3.05, 3.63) is 42.1 Å². The molecule has 29 heavy (non-hydrogen) atoms. The van der Waals surface area contributed by atoms with Crippen molar-refractivity contribution in [3.8, 4) is 17.3 Å². The van der Waals surface area contributed by atoms with Gasteiger partial charge in [-0.05, 0) is 43.2 Å². The first kappa shape index (κ1) is 28.3. The second-order valence-corrected chi connectivity index (χ2v) is 9.43. The number of anilines is 1. The summed E-state index contributed by atoms with van der Waals surface area (Å²) in [5.41, 5.74) is 2.37. The molecule has 0 fully saturated rings. The standard InChI is InChI=1S/C17H21N3O2S.C4H9O.K/c1-3-5-12-20-16(13-18)10-11-17(20)14-6-8-15(9-7-14)19-23(21,22)4-2;1-4(2,3)5;/h6-11,19H,3-5,12H2,1-2H3;1-3H3;/q;-1;+1. The molecule has 0 aliphatic rings. The molecular weight excluding hydrogens is 413 g/mol. The van der Waals surface area contributed by atoms with Crippen LogP contribution in [0.5, 0.6) is 0 Å². The number of sulfonamides is 1. The van der Waals surface area contributed by atoms with Gasteiger partial charge >= 0.3 is 51.4 Å². The van der Waals surface area contributed by atoms with Gasteiger partial charge in [0.15, 0.2) is 0 Å². The number of hydrogen-bond acceptors (Lipinski definition) is 4. The van der Waals surface area contributed by atoms with E-state index in [9.17, 15) is 18.8 Å². The van der Waals surface area contributed by atoms with Crippen LogP contribution in [0.4, 0.5) is 5.69 Å². The quantitative estimate of drug-likeness (QED) is 0.638. The Balaban J connectivity index is 0.00000117. The Kier molecular flexibility index (Phi) is 12.6. The zero-order chi connectivity index (χ0) is 21.4. The number of aromatic nitrogens is 1. The zero-order valence-electron chi connectivity index (χ0n) is 18.3. The van der Waals surface area contributed by atoms with E-state index in [2.05, 4.69) is 17.7 Å². The van der Waals surface area contributed by atoms with Crippen molar-refractivity contribution in [2.45, 2.75) is 59.6 Å². The molecule has 0 radical (unpaired) electrons. The minimum Gasteiger partial charge on any atom is -0.850 e. The third kappa shape index (κ3) is 10.8. The number of nitrogens with zero attached hydrogens (tertiary/aromatic N) is 2. The SMILES string of the molecule is CC(C)(C)[O-].CCCCn1c(C#N)ccc1-c1ccc(NS(=O)(=O)CC)cc1.[K+]. The third-order valence-corrected chi connectivity index (χ3v) is 4.97. The van der Waals surface area contributed by atoms with E-state index in [1.165, 1.54) is 0 Å². The first-order valence-corrected chi connectivity index (χ1v) is 11.1. The Morgan fingerprint density at radius 1 is 1.10 bits per heavy atom. The molecular formula is C21H30KN3O3S. The predicted octanol–water partition coefficient (Wildman–Crippen LogP) is 0.738. The fourth-order valence-electron chi connectivity index (χ4n) is 2.34. The first-order valence-electron chi connectivity index (χ1n) is 9.41. The van der Waals surface area contributed by atoms with Gasteiger partial charge in [0, 0.05) is 17.9 Å². The maximum atomic E-state index is 11.6. The summed E-state index contributed by atoms with van der Waals surface area (Å²) in [5, 5.41) is 19.3. The fourth-order valence-corrected chi connectivity index (χ4v) is 2.97. The van der Waals surface area contributed by atoms with Gasteiger partial charge in [-0.15, -0.1) is 5.60 Å². The van der Waals surface area contributed by atoms with Crippen molar-refractivity contribution < 1.29 is 64.9 Å². The van der Waals surface area contributed by atoms with Crippen molar-refractivity contribution in [1.82, 2.24) is 4.57 Å². The maximum absolute atomic E-state index is 11.6. The molecule has 0 unspecified atom stereocenters. The predicted molar refractivity (Wildman–Crippen MR) is 112 cm³/mol. The summed E-state index contributed by atoms with van der Waals surface area (Å²) in [5.74, 6) is 0.0418. The summed E-state index contributed by atoms with van der Waals surface area (Å²) in [6.07, 6.45) is 2.06. The van der Waals surface area contributed by atoms with Crippen molar-refractivity contribution in [3.63, 3.8) is 0 Å². The molecule has 1 N–H and O–H groups in total. The van der Waals surface area contributed by atoms with E-state index >= 15 is 0 Å². The van der Waals surface area contributed by atoms with Gasteiger partial charge in [-0.1, -0.05) is 46.2 Å². The zero-order valence-corrected chi connectivity index (χ0v) is 22.3. The molecule has 0 aliphatic heterocycles. The average molecular weight is 444 g/mol. The molecule has 0 spiro atoms. The topological polar surface area (TPSA) is 97.9 Å². The second-order valence-electron chi connectivity index (χ2n) is 7.42. The molecule has 1 aromatic carbocycles. The Bertz CT molecular complexity index is 887. The molecule has 0 atom stereocenters. The second kappa shape index (κ2) is 12.9. The Morgan fingerprint density at radius 3 is 2.10 bits per heavy atom. The Hall–Kier alpha value is -0.664. The van der Waals surface area contributed by atoms with Gasteiger partial charge in [-0.25, -0.2) is 8.42 Å². The monoisotopic (exact) mass is 443 g/mol. The third-order valence-electron chi connectivity index (χ3n) is 3.66. The van der Waals surface area contributed by atoms with Crippen LogP contribution >= 0.6 is 0 Å². The fraction of sp³-hybridized carbons (Fsp3) is 0.476. The average Bonchev–Trinajstić information content (AvgIpc) is 3.01. The van der Waals surface area contributed by atoms with E-state index in [-0.39, 0.29) is 57.1 Å². The minimum atomic E-state index is -3.27. The van der Waals surface area contributed by atoms with Crippen LogP contribution < -0.4 is 61.2 Å². The summed E-state index contributed by atoms with van der Waals surface area (Å²) in [6, 6.07) is 13.2. The van der Waals surface area contributed by atoms with E-state index in [0.29, 0.717) is 11.4 Å². The van der Waals surface area contributed by atoms with Crippen molar-refractivity contribution in [1.29, 1.82) is 5.26 Å².